The summed E-state index contributed by atoms with van der Waals surface area (Å²) in [6.07, 6.45) is 1.99. The molecule has 2 N–H and O–H groups in total. The standard InChI is InChI=1S/C22H32N2O7S/c1-14-5-4-6-18(15(14)2)24-22(26)16(3)31-21(25)9-10-23-32(27,28)17-7-8-19-20(13-17)30-12-11-29-19/h7-8,13-16,18,23H,4-6,9-12H2,1-3H3,(H,24,26)/t14-,15+,16+,18-/m1/s1. The quantitative estimate of drug-likeness (QED) is 0.560. The normalized spacial score (nSPS) is 23.8. The summed E-state index contributed by atoms with van der Waals surface area (Å²) < 4.78 is 43.3. The number of esters is 1. The average Bonchev–Trinajstić information content (AvgIpc) is 2.76. The van der Waals surface area contributed by atoms with E-state index in [1.54, 1.807) is 0 Å². The van der Waals surface area contributed by atoms with Crippen molar-refractivity contribution in [1.82, 2.24) is 10.0 Å². The summed E-state index contributed by atoms with van der Waals surface area (Å²) >= 11 is 0. The van der Waals surface area contributed by atoms with Crippen LogP contribution in [0.5, 0.6) is 11.5 Å². The van der Waals surface area contributed by atoms with Crippen LogP contribution in [0.4, 0.5) is 0 Å². The summed E-state index contributed by atoms with van der Waals surface area (Å²) in [5, 5.41) is 2.98. The third-order valence-corrected chi connectivity index (χ3v) is 7.62. The number of nitrogens with one attached hydrogen (secondary N) is 2. The molecule has 4 atom stereocenters. The summed E-state index contributed by atoms with van der Waals surface area (Å²) in [5.74, 6) is 0.770. The van der Waals surface area contributed by atoms with E-state index < -0.39 is 22.1 Å². The van der Waals surface area contributed by atoms with Crippen molar-refractivity contribution in [2.24, 2.45) is 11.8 Å². The Labute approximate surface area is 189 Å². The van der Waals surface area contributed by atoms with E-state index in [-0.39, 0.29) is 29.8 Å². The van der Waals surface area contributed by atoms with Gasteiger partial charge in [-0.2, -0.15) is 0 Å². The number of carbonyl (C=O) groups is 2. The minimum atomic E-state index is -3.84. The highest BCUT2D eigenvalue weighted by Crippen LogP contribution is 2.32. The fourth-order valence-electron chi connectivity index (χ4n) is 3.96. The number of hydrogen-bond donors (Lipinski definition) is 2. The second-order valence-electron chi connectivity index (χ2n) is 8.47. The number of hydrogen-bond acceptors (Lipinski definition) is 7. The van der Waals surface area contributed by atoms with Gasteiger partial charge in [-0.3, -0.25) is 9.59 Å². The monoisotopic (exact) mass is 468 g/mol. The van der Waals surface area contributed by atoms with Gasteiger partial charge in [0.05, 0.1) is 11.3 Å². The molecule has 1 saturated carbocycles. The molecule has 2 aliphatic rings. The number of sulfonamides is 1. The first-order chi connectivity index (χ1) is 15.2. The van der Waals surface area contributed by atoms with Gasteiger partial charge in [-0.15, -0.1) is 0 Å². The Balaban J connectivity index is 1.44. The van der Waals surface area contributed by atoms with Crippen molar-refractivity contribution >= 4 is 21.9 Å². The molecule has 1 aliphatic carbocycles. The molecule has 32 heavy (non-hydrogen) atoms. The van der Waals surface area contributed by atoms with E-state index in [4.69, 9.17) is 14.2 Å². The Hall–Kier alpha value is -2.33. The number of fused-ring (bicyclic) bond motifs is 1. The van der Waals surface area contributed by atoms with Gasteiger partial charge in [0.15, 0.2) is 17.6 Å². The molecule has 0 spiro atoms. The van der Waals surface area contributed by atoms with E-state index in [1.807, 2.05) is 0 Å². The molecule has 0 bridgehead atoms. The lowest BCUT2D eigenvalue weighted by Gasteiger charge is -2.35. The molecule has 3 rings (SSSR count). The summed E-state index contributed by atoms with van der Waals surface area (Å²) in [6.45, 7) is 6.43. The summed E-state index contributed by atoms with van der Waals surface area (Å²) in [6, 6.07) is 4.40. The molecule has 0 saturated heterocycles. The van der Waals surface area contributed by atoms with Crippen LogP contribution in [0.1, 0.15) is 46.5 Å². The number of benzene rings is 1. The zero-order chi connectivity index (χ0) is 23.3. The predicted octanol–water partition coefficient (Wildman–Crippen LogP) is 2.00. The van der Waals surface area contributed by atoms with Gasteiger partial charge in [0, 0.05) is 18.7 Å². The molecule has 178 valence electrons. The molecule has 1 fully saturated rings. The third kappa shape index (κ3) is 6.13. The van der Waals surface area contributed by atoms with Crippen LogP contribution < -0.4 is 19.5 Å². The predicted molar refractivity (Wildman–Crippen MR) is 117 cm³/mol. The van der Waals surface area contributed by atoms with Crippen molar-refractivity contribution in [2.45, 2.75) is 63.5 Å². The number of rotatable bonds is 8. The van der Waals surface area contributed by atoms with Crippen molar-refractivity contribution in [3.8, 4) is 11.5 Å². The fraction of sp³-hybridized carbons (Fsp3) is 0.636. The van der Waals surface area contributed by atoms with Gasteiger partial charge in [0.1, 0.15) is 13.2 Å². The molecular weight excluding hydrogens is 436 g/mol. The molecular formula is C22H32N2O7S. The minimum absolute atomic E-state index is 0.0127. The third-order valence-electron chi connectivity index (χ3n) is 6.16. The smallest absolute Gasteiger partial charge is 0.307 e. The number of amides is 1. The molecule has 0 aromatic heterocycles. The van der Waals surface area contributed by atoms with Gasteiger partial charge in [0.25, 0.3) is 5.91 Å². The van der Waals surface area contributed by atoms with Crippen molar-refractivity contribution in [3.05, 3.63) is 18.2 Å². The van der Waals surface area contributed by atoms with Crippen LogP contribution in [-0.4, -0.2) is 52.2 Å². The highest BCUT2D eigenvalue weighted by atomic mass is 32.2. The van der Waals surface area contributed by atoms with Crippen molar-refractivity contribution in [1.29, 1.82) is 0 Å². The van der Waals surface area contributed by atoms with E-state index in [1.165, 1.54) is 25.1 Å². The second-order valence-corrected chi connectivity index (χ2v) is 10.2. The Morgan fingerprint density at radius 3 is 2.62 bits per heavy atom. The fourth-order valence-corrected chi connectivity index (χ4v) is 5.00. The molecule has 1 heterocycles. The molecule has 9 nitrogen and oxygen atoms in total. The minimum Gasteiger partial charge on any atom is -0.486 e. The Morgan fingerprint density at radius 2 is 1.88 bits per heavy atom. The lowest BCUT2D eigenvalue weighted by molar-refractivity contribution is -0.155. The van der Waals surface area contributed by atoms with Crippen LogP contribution in [-0.2, 0) is 24.3 Å². The highest BCUT2D eigenvalue weighted by molar-refractivity contribution is 7.89. The molecule has 0 unspecified atom stereocenters. The van der Waals surface area contributed by atoms with E-state index >= 15 is 0 Å². The maximum atomic E-state index is 12.5. The first kappa shape index (κ1) is 24.3. The van der Waals surface area contributed by atoms with Crippen LogP contribution in [0.25, 0.3) is 0 Å². The first-order valence-corrected chi connectivity index (χ1v) is 12.5. The Kier molecular flexibility index (Phi) is 8.00. The lowest BCUT2D eigenvalue weighted by Crippen LogP contribution is -2.47. The van der Waals surface area contributed by atoms with Crippen LogP contribution >= 0.6 is 0 Å². The van der Waals surface area contributed by atoms with E-state index in [0.717, 1.165) is 19.3 Å². The SMILES string of the molecule is C[C@H]1[C@H](C)CCC[C@H]1NC(=O)[C@H](C)OC(=O)CCNS(=O)(=O)c1ccc2c(c1)OCCO2. The van der Waals surface area contributed by atoms with Gasteiger partial charge in [0.2, 0.25) is 10.0 Å². The topological polar surface area (TPSA) is 120 Å². The second kappa shape index (κ2) is 10.5. The largest absolute Gasteiger partial charge is 0.486 e. The maximum absolute atomic E-state index is 12.5. The van der Waals surface area contributed by atoms with Crippen LogP contribution in [0, 0.1) is 11.8 Å². The van der Waals surface area contributed by atoms with Gasteiger partial charge in [-0.25, -0.2) is 13.1 Å². The average molecular weight is 469 g/mol. The van der Waals surface area contributed by atoms with Gasteiger partial charge in [-0.1, -0.05) is 26.7 Å². The van der Waals surface area contributed by atoms with Crippen LogP contribution in [0.3, 0.4) is 0 Å². The molecule has 1 aromatic rings. The summed E-state index contributed by atoms with van der Waals surface area (Å²) in [7, 11) is -3.84. The molecule has 0 radical (unpaired) electrons. The molecule has 10 heteroatoms. The van der Waals surface area contributed by atoms with Gasteiger partial charge in [-0.05, 0) is 37.3 Å². The van der Waals surface area contributed by atoms with Crippen LogP contribution in [0.2, 0.25) is 0 Å². The summed E-state index contributed by atoms with van der Waals surface area (Å²) in [4.78, 5) is 24.5. The number of carbonyl (C=O) groups excluding carboxylic acids is 2. The van der Waals surface area contributed by atoms with Crippen molar-refractivity contribution < 1.29 is 32.2 Å². The first-order valence-electron chi connectivity index (χ1n) is 11.1. The zero-order valence-corrected chi connectivity index (χ0v) is 19.6. The summed E-state index contributed by atoms with van der Waals surface area (Å²) in [5.41, 5.74) is 0. The number of ether oxygens (including phenoxy) is 3. The van der Waals surface area contributed by atoms with Crippen molar-refractivity contribution in [3.63, 3.8) is 0 Å². The highest BCUT2D eigenvalue weighted by Gasteiger charge is 2.30. The van der Waals surface area contributed by atoms with Crippen LogP contribution in [0.15, 0.2) is 23.1 Å². The Bertz CT molecular complexity index is 934. The van der Waals surface area contributed by atoms with E-state index in [0.29, 0.717) is 36.5 Å². The van der Waals surface area contributed by atoms with Gasteiger partial charge >= 0.3 is 5.97 Å². The zero-order valence-electron chi connectivity index (χ0n) is 18.8. The molecule has 1 amide bonds. The lowest BCUT2D eigenvalue weighted by atomic mass is 9.78. The Morgan fingerprint density at radius 1 is 1.16 bits per heavy atom. The maximum Gasteiger partial charge on any atom is 0.307 e. The van der Waals surface area contributed by atoms with E-state index in [9.17, 15) is 18.0 Å². The molecule has 1 aliphatic heterocycles. The van der Waals surface area contributed by atoms with Crippen molar-refractivity contribution in [2.75, 3.05) is 19.8 Å². The van der Waals surface area contributed by atoms with Gasteiger partial charge < -0.3 is 19.5 Å². The van der Waals surface area contributed by atoms with E-state index in [2.05, 4.69) is 23.9 Å². The molecule has 1 aromatic carbocycles.